The molecule has 0 atom stereocenters. The smallest absolute Gasteiger partial charge is 0.189 e. The highest BCUT2D eigenvalue weighted by atomic mass is 16.1. The van der Waals surface area contributed by atoms with Gasteiger partial charge in [-0.25, -0.2) is 0 Å². The zero-order valence-electron chi connectivity index (χ0n) is 11.7. The largest absolute Gasteiger partial charge is 0.346 e. The van der Waals surface area contributed by atoms with Crippen molar-refractivity contribution in [3.05, 3.63) is 46.8 Å². The maximum atomic E-state index is 11.8. The van der Waals surface area contributed by atoms with Gasteiger partial charge >= 0.3 is 0 Å². The molecule has 0 amide bonds. The molecule has 0 fully saturated rings. The first-order chi connectivity index (χ1) is 9.26. The Hall–Kier alpha value is -1.61. The molecule has 0 saturated carbocycles. The van der Waals surface area contributed by atoms with Crippen LogP contribution in [0.1, 0.15) is 26.7 Å². The summed E-state index contributed by atoms with van der Waals surface area (Å²) in [4.78, 5) is 11.8. The first kappa shape index (κ1) is 13.8. The van der Waals surface area contributed by atoms with Gasteiger partial charge in [-0.3, -0.25) is 4.79 Å². The number of benzene rings is 1. The third-order valence-electron chi connectivity index (χ3n) is 3.66. The molecule has 1 aromatic carbocycles. The van der Waals surface area contributed by atoms with Gasteiger partial charge in [0.2, 0.25) is 0 Å². The van der Waals surface area contributed by atoms with Gasteiger partial charge in [0.05, 0.1) is 5.52 Å². The highest BCUT2D eigenvalue weighted by Gasteiger charge is 2.04. The molecule has 102 valence electrons. The van der Waals surface area contributed by atoms with E-state index in [4.69, 9.17) is 0 Å². The first-order valence-electron chi connectivity index (χ1n) is 7.07. The molecule has 1 heterocycles. The van der Waals surface area contributed by atoms with Gasteiger partial charge in [-0.15, -0.1) is 0 Å². The summed E-state index contributed by atoms with van der Waals surface area (Å²) in [7, 11) is 0. The van der Waals surface area contributed by atoms with E-state index in [1.54, 1.807) is 6.07 Å². The van der Waals surface area contributed by atoms with Gasteiger partial charge in [-0.1, -0.05) is 26.0 Å². The van der Waals surface area contributed by atoms with Gasteiger partial charge in [0.1, 0.15) is 0 Å². The van der Waals surface area contributed by atoms with Crippen LogP contribution >= 0.6 is 0 Å². The van der Waals surface area contributed by atoms with Crippen molar-refractivity contribution in [2.75, 3.05) is 6.54 Å². The molecule has 0 unspecified atom stereocenters. The molecular formula is C16H22N2O. The molecule has 0 radical (unpaired) electrons. The van der Waals surface area contributed by atoms with Crippen LogP contribution in [0.25, 0.3) is 10.9 Å². The quantitative estimate of drug-likeness (QED) is 0.864. The molecule has 0 aliphatic rings. The molecule has 3 heteroatoms. The van der Waals surface area contributed by atoms with Crippen molar-refractivity contribution in [1.29, 1.82) is 0 Å². The van der Waals surface area contributed by atoms with Gasteiger partial charge in [0.25, 0.3) is 0 Å². The molecule has 2 rings (SSSR count). The van der Waals surface area contributed by atoms with Crippen molar-refractivity contribution in [2.24, 2.45) is 0 Å². The Balaban J connectivity index is 2.13. The highest BCUT2D eigenvalue weighted by Crippen LogP contribution is 2.09. The maximum absolute atomic E-state index is 11.8. The van der Waals surface area contributed by atoms with Gasteiger partial charge in [-0.05, 0) is 25.0 Å². The number of aromatic nitrogens is 1. The maximum Gasteiger partial charge on any atom is 0.189 e. The van der Waals surface area contributed by atoms with Gasteiger partial charge in [0, 0.05) is 36.8 Å². The van der Waals surface area contributed by atoms with Crippen LogP contribution in [-0.2, 0) is 6.54 Å². The monoisotopic (exact) mass is 258 g/mol. The van der Waals surface area contributed by atoms with Gasteiger partial charge in [0.15, 0.2) is 5.43 Å². The number of para-hydroxylation sites is 1. The van der Waals surface area contributed by atoms with E-state index in [-0.39, 0.29) is 5.43 Å². The van der Waals surface area contributed by atoms with Crippen LogP contribution in [-0.4, -0.2) is 17.2 Å². The summed E-state index contributed by atoms with van der Waals surface area (Å²) in [5.74, 6) is 0. The Morgan fingerprint density at radius 3 is 2.63 bits per heavy atom. The molecule has 1 aromatic heterocycles. The second-order valence-electron chi connectivity index (χ2n) is 4.86. The fraction of sp³-hybridized carbons (Fsp3) is 0.438. The number of nitrogens with one attached hydrogen (secondary N) is 1. The molecule has 19 heavy (non-hydrogen) atoms. The summed E-state index contributed by atoms with van der Waals surface area (Å²) in [6, 6.07) is 10.0. The summed E-state index contributed by atoms with van der Waals surface area (Å²) in [6.07, 6.45) is 4.20. The topological polar surface area (TPSA) is 34.0 Å². The minimum Gasteiger partial charge on any atom is -0.346 e. The van der Waals surface area contributed by atoms with Crippen LogP contribution in [0.3, 0.4) is 0 Å². The summed E-state index contributed by atoms with van der Waals surface area (Å²) < 4.78 is 2.14. The Kier molecular flexibility index (Phi) is 4.74. The average Bonchev–Trinajstić information content (AvgIpc) is 2.46. The van der Waals surface area contributed by atoms with E-state index in [2.05, 4.69) is 23.7 Å². The Morgan fingerprint density at radius 2 is 1.89 bits per heavy atom. The molecule has 0 aliphatic carbocycles. The Morgan fingerprint density at radius 1 is 1.16 bits per heavy atom. The minimum absolute atomic E-state index is 0.0970. The number of nitrogens with zero attached hydrogens (tertiary/aromatic N) is 1. The third-order valence-corrected chi connectivity index (χ3v) is 3.66. The van der Waals surface area contributed by atoms with Crippen molar-refractivity contribution in [3.8, 4) is 0 Å². The van der Waals surface area contributed by atoms with Crippen molar-refractivity contribution in [2.45, 2.75) is 39.3 Å². The SMILES string of the molecule is CCC(CC)NCCn1ccc(=O)c2ccccc21. The fourth-order valence-corrected chi connectivity index (χ4v) is 2.42. The van der Waals surface area contributed by atoms with E-state index in [0.29, 0.717) is 6.04 Å². The summed E-state index contributed by atoms with van der Waals surface area (Å²) in [6.45, 7) is 6.22. The van der Waals surface area contributed by atoms with Crippen LogP contribution < -0.4 is 10.7 Å². The second kappa shape index (κ2) is 6.53. The normalized spacial score (nSPS) is 11.3. The fourth-order valence-electron chi connectivity index (χ4n) is 2.42. The predicted octanol–water partition coefficient (Wildman–Crippen LogP) is 2.78. The van der Waals surface area contributed by atoms with E-state index in [1.165, 1.54) is 0 Å². The minimum atomic E-state index is 0.0970. The van der Waals surface area contributed by atoms with Crippen LogP contribution in [0.4, 0.5) is 0 Å². The molecule has 1 N–H and O–H groups in total. The van der Waals surface area contributed by atoms with E-state index in [0.717, 1.165) is 36.8 Å². The summed E-state index contributed by atoms with van der Waals surface area (Å²) in [5.41, 5.74) is 1.11. The lowest BCUT2D eigenvalue weighted by atomic mass is 10.2. The summed E-state index contributed by atoms with van der Waals surface area (Å²) >= 11 is 0. The number of fused-ring (bicyclic) bond motifs is 1. The second-order valence-corrected chi connectivity index (χ2v) is 4.86. The van der Waals surface area contributed by atoms with Crippen LogP contribution in [0, 0.1) is 0 Å². The molecule has 0 bridgehead atoms. The van der Waals surface area contributed by atoms with E-state index < -0.39 is 0 Å². The lowest BCUT2D eigenvalue weighted by Crippen LogP contribution is -2.30. The highest BCUT2D eigenvalue weighted by molar-refractivity contribution is 5.78. The van der Waals surface area contributed by atoms with Crippen LogP contribution in [0.2, 0.25) is 0 Å². The number of hydrogen-bond donors (Lipinski definition) is 1. The molecule has 2 aromatic rings. The van der Waals surface area contributed by atoms with Crippen molar-refractivity contribution < 1.29 is 0 Å². The zero-order valence-corrected chi connectivity index (χ0v) is 11.7. The van der Waals surface area contributed by atoms with Crippen molar-refractivity contribution in [1.82, 2.24) is 9.88 Å². The molecule has 0 saturated heterocycles. The first-order valence-corrected chi connectivity index (χ1v) is 7.07. The van der Waals surface area contributed by atoms with Crippen LogP contribution in [0.5, 0.6) is 0 Å². The molecule has 0 aliphatic heterocycles. The zero-order chi connectivity index (χ0) is 13.7. The standard InChI is InChI=1S/C16H22N2O/c1-3-13(4-2)17-10-12-18-11-9-16(19)14-7-5-6-8-15(14)18/h5-9,11,13,17H,3-4,10,12H2,1-2H3. The van der Waals surface area contributed by atoms with Gasteiger partial charge < -0.3 is 9.88 Å². The van der Waals surface area contributed by atoms with Crippen molar-refractivity contribution >= 4 is 10.9 Å². The van der Waals surface area contributed by atoms with Gasteiger partial charge in [-0.2, -0.15) is 0 Å². The van der Waals surface area contributed by atoms with Crippen molar-refractivity contribution in [3.63, 3.8) is 0 Å². The Bertz CT molecular complexity index is 585. The predicted molar refractivity (Wildman–Crippen MR) is 80.6 cm³/mol. The molecule has 3 nitrogen and oxygen atoms in total. The number of hydrogen-bond acceptors (Lipinski definition) is 2. The Labute approximate surface area is 114 Å². The van der Waals surface area contributed by atoms with E-state index in [9.17, 15) is 4.79 Å². The van der Waals surface area contributed by atoms with Crippen LogP contribution in [0.15, 0.2) is 41.3 Å². The van der Waals surface area contributed by atoms with E-state index in [1.807, 2.05) is 30.5 Å². The van der Waals surface area contributed by atoms with E-state index >= 15 is 0 Å². The molecular weight excluding hydrogens is 236 g/mol. The third kappa shape index (κ3) is 3.24. The molecule has 0 spiro atoms. The number of rotatable bonds is 6. The lowest BCUT2D eigenvalue weighted by molar-refractivity contribution is 0.468. The lowest BCUT2D eigenvalue weighted by Gasteiger charge is -2.16. The summed E-state index contributed by atoms with van der Waals surface area (Å²) in [5, 5.41) is 4.35. The average molecular weight is 258 g/mol. The number of pyridine rings is 1.